The Morgan fingerprint density at radius 3 is 2.42 bits per heavy atom. The minimum Gasteiger partial charge on any atom is -0.268 e. The molecule has 0 bridgehead atoms. The van der Waals surface area contributed by atoms with Crippen molar-refractivity contribution in [3.63, 3.8) is 0 Å². The van der Waals surface area contributed by atoms with Crippen molar-refractivity contribution in [1.82, 2.24) is 10.2 Å². The maximum atomic E-state index is 13.3. The zero-order valence-corrected chi connectivity index (χ0v) is 9.81. The molecule has 100 valence electrons. The van der Waals surface area contributed by atoms with E-state index in [0.29, 0.717) is 6.07 Å². The summed E-state index contributed by atoms with van der Waals surface area (Å²) >= 11 is 5.43. The molecule has 2 rings (SSSR count). The molecule has 0 aliphatic heterocycles. The largest absolute Gasteiger partial charge is 0.419 e. The molecule has 0 spiro atoms. The van der Waals surface area contributed by atoms with Crippen LogP contribution in [0.15, 0.2) is 29.1 Å². The number of aromatic nitrogens is 2. The molecular formula is C11H5ClF4N2O. The van der Waals surface area contributed by atoms with Crippen LogP contribution < -0.4 is 5.56 Å². The van der Waals surface area contributed by atoms with Gasteiger partial charge in [-0.25, -0.2) is 9.49 Å². The number of H-pyrrole nitrogens is 1. The average molecular weight is 293 g/mol. The molecule has 0 fully saturated rings. The van der Waals surface area contributed by atoms with Crippen LogP contribution in [0.4, 0.5) is 17.6 Å². The number of alkyl halides is 3. The Morgan fingerprint density at radius 2 is 1.89 bits per heavy atom. The van der Waals surface area contributed by atoms with Crippen molar-refractivity contribution in [3.05, 3.63) is 51.0 Å². The second kappa shape index (κ2) is 4.65. The number of halogens is 5. The van der Waals surface area contributed by atoms with Gasteiger partial charge < -0.3 is 0 Å². The summed E-state index contributed by atoms with van der Waals surface area (Å²) < 4.78 is 51.2. The minimum absolute atomic E-state index is 0.0463. The lowest BCUT2D eigenvalue weighted by Crippen LogP contribution is -2.10. The number of nitrogens with zero attached hydrogens (tertiary/aromatic N) is 1. The molecule has 0 aliphatic carbocycles. The highest BCUT2D eigenvalue weighted by atomic mass is 35.5. The molecule has 0 atom stereocenters. The van der Waals surface area contributed by atoms with Gasteiger partial charge in [-0.3, -0.25) is 4.79 Å². The van der Waals surface area contributed by atoms with Crippen molar-refractivity contribution in [2.24, 2.45) is 0 Å². The van der Waals surface area contributed by atoms with Gasteiger partial charge in [-0.1, -0.05) is 11.6 Å². The van der Waals surface area contributed by atoms with Crippen molar-refractivity contribution in [2.45, 2.75) is 6.18 Å². The second-order valence-electron chi connectivity index (χ2n) is 3.62. The number of nitrogens with one attached hydrogen (secondary N) is 1. The van der Waals surface area contributed by atoms with E-state index >= 15 is 0 Å². The molecule has 0 radical (unpaired) electrons. The van der Waals surface area contributed by atoms with E-state index in [-0.39, 0.29) is 11.3 Å². The zero-order valence-electron chi connectivity index (χ0n) is 9.05. The minimum atomic E-state index is -4.87. The first-order valence-corrected chi connectivity index (χ1v) is 5.29. The molecule has 0 saturated heterocycles. The van der Waals surface area contributed by atoms with E-state index in [1.807, 2.05) is 0 Å². The normalized spacial score (nSPS) is 11.6. The van der Waals surface area contributed by atoms with E-state index in [1.165, 1.54) is 6.07 Å². The number of benzene rings is 1. The number of aromatic amines is 1. The molecule has 8 heteroatoms. The molecule has 19 heavy (non-hydrogen) atoms. The monoisotopic (exact) mass is 292 g/mol. The molecule has 0 saturated carbocycles. The summed E-state index contributed by atoms with van der Waals surface area (Å²) in [6, 6.07) is 3.89. The van der Waals surface area contributed by atoms with Crippen molar-refractivity contribution < 1.29 is 17.6 Å². The highest BCUT2D eigenvalue weighted by Gasteiger charge is 2.35. The number of rotatable bonds is 1. The van der Waals surface area contributed by atoms with Crippen LogP contribution in [0.25, 0.3) is 11.3 Å². The first-order chi connectivity index (χ1) is 8.79. The predicted octanol–water partition coefficient (Wildman–Crippen LogP) is 3.25. The van der Waals surface area contributed by atoms with Gasteiger partial charge in [0, 0.05) is 11.6 Å². The second-order valence-corrected chi connectivity index (χ2v) is 4.03. The predicted molar refractivity (Wildman–Crippen MR) is 60.3 cm³/mol. The van der Waals surface area contributed by atoms with Gasteiger partial charge in [0.1, 0.15) is 0 Å². The first kappa shape index (κ1) is 13.5. The fraction of sp³-hybridized carbons (Fsp3) is 0.0909. The van der Waals surface area contributed by atoms with Crippen LogP contribution in [0.2, 0.25) is 5.02 Å². The molecule has 0 aliphatic rings. The molecule has 0 amide bonds. The number of hydrogen-bond donors (Lipinski definition) is 1. The van der Waals surface area contributed by atoms with E-state index in [9.17, 15) is 22.4 Å². The summed E-state index contributed by atoms with van der Waals surface area (Å²) in [6.07, 6.45) is -4.87. The zero-order chi connectivity index (χ0) is 14.2. The van der Waals surface area contributed by atoms with Gasteiger partial charge in [0.15, 0.2) is 5.82 Å². The van der Waals surface area contributed by atoms with Gasteiger partial charge in [-0.2, -0.15) is 18.3 Å². The Kier molecular flexibility index (Phi) is 3.32. The summed E-state index contributed by atoms with van der Waals surface area (Å²) in [4.78, 5) is 10.8. The molecule has 2 aromatic rings. The molecular weight excluding hydrogens is 288 g/mol. The molecule has 1 aromatic heterocycles. The average Bonchev–Trinajstić information content (AvgIpc) is 2.32. The SMILES string of the molecule is O=c1ccc(-c2cc(Cl)c(F)c(C(F)(F)F)c2)n[nH]1. The van der Waals surface area contributed by atoms with Crippen LogP contribution in [0.3, 0.4) is 0 Å². The van der Waals surface area contributed by atoms with E-state index in [0.717, 1.165) is 12.1 Å². The molecule has 0 unspecified atom stereocenters. The third-order valence-corrected chi connectivity index (χ3v) is 2.58. The molecule has 1 heterocycles. The standard InChI is InChI=1S/C11H5ClF4N2O/c12-7-4-5(8-1-2-9(19)18-17-8)3-6(10(7)13)11(14,15)16/h1-4H,(H,18,19). The quantitative estimate of drug-likeness (QED) is 0.820. The van der Waals surface area contributed by atoms with Gasteiger partial charge in [0.2, 0.25) is 0 Å². The summed E-state index contributed by atoms with van der Waals surface area (Å²) in [7, 11) is 0. The summed E-state index contributed by atoms with van der Waals surface area (Å²) in [5.74, 6) is -1.54. The van der Waals surface area contributed by atoms with E-state index in [4.69, 9.17) is 11.6 Å². The number of hydrogen-bond acceptors (Lipinski definition) is 2. The lowest BCUT2D eigenvalue weighted by Gasteiger charge is -2.11. The highest BCUT2D eigenvalue weighted by molar-refractivity contribution is 6.31. The van der Waals surface area contributed by atoms with Crippen LogP contribution in [0.1, 0.15) is 5.56 Å². The van der Waals surface area contributed by atoms with E-state index in [2.05, 4.69) is 10.2 Å². The fourth-order valence-electron chi connectivity index (χ4n) is 1.45. The Hall–Kier alpha value is -1.89. The Morgan fingerprint density at radius 1 is 1.21 bits per heavy atom. The Bertz CT molecular complexity index is 661. The van der Waals surface area contributed by atoms with Crippen LogP contribution in [-0.2, 0) is 6.18 Å². The van der Waals surface area contributed by atoms with Crippen LogP contribution in [-0.4, -0.2) is 10.2 Å². The van der Waals surface area contributed by atoms with Crippen molar-refractivity contribution >= 4 is 11.6 Å². The first-order valence-electron chi connectivity index (χ1n) is 4.91. The lowest BCUT2D eigenvalue weighted by molar-refractivity contribution is -0.139. The van der Waals surface area contributed by atoms with Crippen molar-refractivity contribution in [3.8, 4) is 11.3 Å². The van der Waals surface area contributed by atoms with Gasteiger partial charge in [-0.15, -0.1) is 0 Å². The Balaban J connectivity index is 2.63. The lowest BCUT2D eigenvalue weighted by atomic mass is 10.1. The van der Waals surface area contributed by atoms with Gasteiger partial charge in [0.25, 0.3) is 5.56 Å². The third kappa shape index (κ3) is 2.76. The summed E-state index contributed by atoms with van der Waals surface area (Å²) in [6.45, 7) is 0. The van der Waals surface area contributed by atoms with Crippen LogP contribution >= 0.6 is 11.6 Å². The van der Waals surface area contributed by atoms with Crippen LogP contribution in [0, 0.1) is 5.82 Å². The molecule has 1 aromatic carbocycles. The molecule has 1 N–H and O–H groups in total. The van der Waals surface area contributed by atoms with Crippen LogP contribution in [0.5, 0.6) is 0 Å². The summed E-state index contributed by atoms with van der Waals surface area (Å²) in [5, 5.41) is 4.95. The van der Waals surface area contributed by atoms with E-state index < -0.39 is 28.1 Å². The van der Waals surface area contributed by atoms with Gasteiger partial charge in [-0.05, 0) is 18.2 Å². The highest BCUT2D eigenvalue weighted by Crippen LogP contribution is 2.36. The maximum absolute atomic E-state index is 13.3. The van der Waals surface area contributed by atoms with Gasteiger partial charge >= 0.3 is 6.18 Å². The van der Waals surface area contributed by atoms with Crippen molar-refractivity contribution in [2.75, 3.05) is 0 Å². The smallest absolute Gasteiger partial charge is 0.268 e. The maximum Gasteiger partial charge on any atom is 0.419 e. The summed E-state index contributed by atoms with van der Waals surface area (Å²) in [5.41, 5.74) is -1.99. The topological polar surface area (TPSA) is 45.8 Å². The Labute approximate surface area is 108 Å². The molecule has 3 nitrogen and oxygen atoms in total. The third-order valence-electron chi connectivity index (χ3n) is 2.31. The van der Waals surface area contributed by atoms with Crippen molar-refractivity contribution in [1.29, 1.82) is 0 Å². The van der Waals surface area contributed by atoms with E-state index in [1.54, 1.807) is 0 Å². The fourth-order valence-corrected chi connectivity index (χ4v) is 1.67. The van der Waals surface area contributed by atoms with Gasteiger partial charge in [0.05, 0.1) is 16.3 Å².